The molecule has 4 heteroatoms. The Kier molecular flexibility index (Phi) is 6.91. The third-order valence-corrected chi connectivity index (χ3v) is 12.8. The van der Waals surface area contributed by atoms with Gasteiger partial charge in [0, 0.05) is 36.0 Å². The van der Waals surface area contributed by atoms with Crippen LogP contribution in [-0.2, 0) is 19.1 Å². The van der Waals surface area contributed by atoms with Gasteiger partial charge in [0.15, 0.2) is 0 Å². The quantitative estimate of drug-likeness (QED) is 0.365. The summed E-state index contributed by atoms with van der Waals surface area (Å²) in [6.07, 6.45) is 9.66. The van der Waals surface area contributed by atoms with E-state index >= 15 is 0 Å². The van der Waals surface area contributed by atoms with Crippen molar-refractivity contribution in [1.29, 1.82) is 0 Å². The summed E-state index contributed by atoms with van der Waals surface area (Å²) in [5.41, 5.74) is -0.0466. The number of hydrogen-bond acceptors (Lipinski definition) is 4. The van der Waals surface area contributed by atoms with Gasteiger partial charge in [0.1, 0.15) is 17.7 Å². The average molecular weight is 501 g/mol. The fraction of sp³-hybridized carbons (Fsp3) is 0.906. The van der Waals surface area contributed by atoms with Crippen LogP contribution in [0, 0.1) is 50.7 Å². The third-order valence-electron chi connectivity index (χ3n) is 12.8. The molecule has 0 aliphatic heterocycles. The molecule has 0 aromatic rings. The molecule has 4 saturated carbocycles. The van der Waals surface area contributed by atoms with Gasteiger partial charge < -0.3 is 4.74 Å². The van der Waals surface area contributed by atoms with Gasteiger partial charge in [0.2, 0.25) is 0 Å². The van der Waals surface area contributed by atoms with Crippen molar-refractivity contribution in [3.8, 4) is 0 Å². The first kappa shape index (κ1) is 27.8. The zero-order valence-corrected chi connectivity index (χ0v) is 24.6. The van der Waals surface area contributed by atoms with Crippen LogP contribution in [0.4, 0.5) is 0 Å². The van der Waals surface area contributed by atoms with Gasteiger partial charge >= 0.3 is 5.97 Å². The number of rotatable bonds is 5. The Bertz CT molecular complexity index is 919. The lowest BCUT2D eigenvalue weighted by Gasteiger charge is -2.71. The molecule has 0 unspecified atom stereocenters. The minimum atomic E-state index is -0.358. The zero-order chi connectivity index (χ0) is 26.9. The molecular formula is C32H52O4. The van der Waals surface area contributed by atoms with Gasteiger partial charge in [-0.3, -0.25) is 14.4 Å². The van der Waals surface area contributed by atoms with Crippen molar-refractivity contribution in [3.05, 3.63) is 0 Å². The molecule has 0 amide bonds. The van der Waals surface area contributed by atoms with Crippen LogP contribution in [0.3, 0.4) is 0 Å². The minimum absolute atomic E-state index is 0.00475. The van der Waals surface area contributed by atoms with E-state index in [-0.39, 0.29) is 56.8 Å². The Balaban J connectivity index is 1.60. The Morgan fingerprint density at radius 2 is 1.53 bits per heavy atom. The SMILES string of the molecule is CC(=O)O[C@H]1CC[C@]2(C)[C@H]3CC[C@@H]4C(=O)[C@](C)(CCC(=O)C(C)C)CC[C@@]4(C)[C@]3(C)CC[C@H]2C1(C)C. The van der Waals surface area contributed by atoms with Gasteiger partial charge in [-0.2, -0.15) is 0 Å². The van der Waals surface area contributed by atoms with Gasteiger partial charge in [-0.15, -0.1) is 0 Å². The van der Waals surface area contributed by atoms with E-state index in [1.165, 1.54) is 6.92 Å². The molecule has 36 heavy (non-hydrogen) atoms. The molecular weight excluding hydrogens is 448 g/mol. The zero-order valence-electron chi connectivity index (χ0n) is 24.6. The Morgan fingerprint density at radius 1 is 0.861 bits per heavy atom. The fourth-order valence-corrected chi connectivity index (χ4v) is 10.2. The Labute approximate surface area is 220 Å². The summed E-state index contributed by atoms with van der Waals surface area (Å²) in [5, 5.41) is 0. The summed E-state index contributed by atoms with van der Waals surface area (Å²) >= 11 is 0. The van der Waals surface area contributed by atoms with Crippen LogP contribution in [0.15, 0.2) is 0 Å². The van der Waals surface area contributed by atoms with Crippen LogP contribution in [0.5, 0.6) is 0 Å². The van der Waals surface area contributed by atoms with E-state index in [1.807, 2.05) is 13.8 Å². The summed E-state index contributed by atoms with van der Waals surface area (Å²) in [6, 6.07) is 0. The van der Waals surface area contributed by atoms with Gasteiger partial charge in [-0.25, -0.2) is 0 Å². The largest absolute Gasteiger partial charge is 0.462 e. The standard InChI is InChI=1S/C32H52O4/c1-20(2)23(34)12-15-29(6)18-19-31(8)22(27(29)35)10-11-25-30(7)16-14-26(36-21(3)33)28(4,5)24(30)13-17-32(25,31)9/h20,22,24-26H,10-19H2,1-9H3/t22-,24+,25-,26+,29-,30+,31-,32-/m1/s1. The second-order valence-corrected chi connectivity index (χ2v) is 15.1. The lowest BCUT2D eigenvalue weighted by molar-refractivity contribution is -0.235. The van der Waals surface area contributed by atoms with Crippen molar-refractivity contribution in [3.63, 3.8) is 0 Å². The highest BCUT2D eigenvalue weighted by molar-refractivity contribution is 5.89. The molecule has 0 saturated heterocycles. The molecule has 0 radical (unpaired) electrons. The lowest BCUT2D eigenvalue weighted by Crippen LogP contribution is -2.66. The van der Waals surface area contributed by atoms with Crippen LogP contribution in [0.1, 0.15) is 127 Å². The molecule has 4 nitrogen and oxygen atoms in total. The number of carbonyl (C=O) groups is 3. The van der Waals surface area contributed by atoms with Crippen LogP contribution < -0.4 is 0 Å². The smallest absolute Gasteiger partial charge is 0.302 e. The van der Waals surface area contributed by atoms with Crippen molar-refractivity contribution >= 4 is 17.5 Å². The van der Waals surface area contributed by atoms with Crippen LogP contribution in [-0.4, -0.2) is 23.6 Å². The van der Waals surface area contributed by atoms with Crippen molar-refractivity contribution < 1.29 is 19.1 Å². The molecule has 0 aromatic carbocycles. The monoisotopic (exact) mass is 500 g/mol. The summed E-state index contributed by atoms with van der Waals surface area (Å²) in [6.45, 7) is 19.8. The highest BCUT2D eigenvalue weighted by Crippen LogP contribution is 2.74. The first-order chi connectivity index (χ1) is 16.5. The van der Waals surface area contributed by atoms with Gasteiger partial charge in [0.25, 0.3) is 0 Å². The van der Waals surface area contributed by atoms with Crippen LogP contribution in [0.25, 0.3) is 0 Å². The summed E-state index contributed by atoms with van der Waals surface area (Å²) in [7, 11) is 0. The number of hydrogen-bond donors (Lipinski definition) is 0. The summed E-state index contributed by atoms with van der Waals surface area (Å²) in [5.74, 6) is 1.82. The van der Waals surface area contributed by atoms with Crippen molar-refractivity contribution in [2.45, 2.75) is 133 Å². The molecule has 8 atom stereocenters. The first-order valence-corrected chi connectivity index (χ1v) is 14.8. The normalized spacial score (nSPS) is 45.9. The van der Waals surface area contributed by atoms with Crippen molar-refractivity contribution in [2.24, 2.45) is 50.7 Å². The molecule has 0 aromatic heterocycles. The number of ether oxygens (including phenoxy) is 1. The fourth-order valence-electron chi connectivity index (χ4n) is 10.2. The predicted octanol–water partition coefficient (Wildman–Crippen LogP) is 7.57. The van der Waals surface area contributed by atoms with Crippen LogP contribution >= 0.6 is 0 Å². The lowest BCUT2D eigenvalue weighted by atomic mass is 9.33. The summed E-state index contributed by atoms with van der Waals surface area (Å²) < 4.78 is 5.85. The molecule has 4 aliphatic carbocycles. The topological polar surface area (TPSA) is 60.4 Å². The van der Waals surface area contributed by atoms with E-state index in [9.17, 15) is 14.4 Å². The maximum absolute atomic E-state index is 14.1. The first-order valence-electron chi connectivity index (χ1n) is 14.8. The highest BCUT2D eigenvalue weighted by atomic mass is 16.5. The van der Waals surface area contributed by atoms with E-state index in [1.54, 1.807) is 0 Å². The molecule has 0 spiro atoms. The van der Waals surface area contributed by atoms with Gasteiger partial charge in [-0.1, -0.05) is 55.4 Å². The molecule has 204 valence electrons. The maximum atomic E-state index is 14.1. The predicted molar refractivity (Wildman–Crippen MR) is 143 cm³/mol. The molecule has 4 rings (SSSR count). The molecule has 4 aliphatic rings. The van der Waals surface area contributed by atoms with E-state index in [4.69, 9.17) is 4.74 Å². The number of ketones is 2. The van der Waals surface area contributed by atoms with Gasteiger partial charge in [-0.05, 0) is 85.9 Å². The highest BCUT2D eigenvalue weighted by Gasteiger charge is 2.69. The third kappa shape index (κ3) is 3.94. The Morgan fingerprint density at radius 3 is 2.14 bits per heavy atom. The Hall–Kier alpha value is -1.19. The van der Waals surface area contributed by atoms with Crippen molar-refractivity contribution in [1.82, 2.24) is 0 Å². The van der Waals surface area contributed by atoms with E-state index in [2.05, 4.69) is 41.5 Å². The van der Waals surface area contributed by atoms with Gasteiger partial charge in [0.05, 0.1) is 0 Å². The number of carbonyl (C=O) groups excluding carboxylic acids is 3. The molecule has 0 N–H and O–H groups in total. The van der Waals surface area contributed by atoms with Crippen molar-refractivity contribution in [2.75, 3.05) is 0 Å². The molecule has 0 heterocycles. The van der Waals surface area contributed by atoms with Crippen LogP contribution in [0.2, 0.25) is 0 Å². The molecule has 4 fully saturated rings. The van der Waals surface area contributed by atoms with E-state index in [0.717, 1.165) is 51.4 Å². The van der Waals surface area contributed by atoms with E-state index < -0.39 is 0 Å². The number of esters is 1. The second kappa shape index (κ2) is 8.94. The maximum Gasteiger partial charge on any atom is 0.302 e. The molecule has 0 bridgehead atoms. The summed E-state index contributed by atoms with van der Waals surface area (Å²) in [4.78, 5) is 38.4. The number of Topliss-reactive ketones (excluding diaryl/α,β-unsaturated/α-hetero) is 2. The minimum Gasteiger partial charge on any atom is -0.462 e. The number of fused-ring (bicyclic) bond motifs is 5. The second-order valence-electron chi connectivity index (χ2n) is 15.1. The van der Waals surface area contributed by atoms with E-state index in [0.29, 0.717) is 30.5 Å². The average Bonchev–Trinajstić information content (AvgIpc) is 2.78.